The van der Waals surface area contributed by atoms with E-state index >= 15 is 0 Å². The van der Waals surface area contributed by atoms with Crippen molar-refractivity contribution < 1.29 is 0 Å². The third kappa shape index (κ3) is 2.33. The molecule has 0 saturated heterocycles. The summed E-state index contributed by atoms with van der Waals surface area (Å²) in [6, 6.07) is 19.6. The Kier molecular flexibility index (Phi) is 3.43. The Hall–Kier alpha value is -1.54. The summed E-state index contributed by atoms with van der Waals surface area (Å²) in [6.45, 7) is 1.01. The minimum atomic E-state index is 0.980. The van der Waals surface area contributed by atoms with Crippen LogP contribution in [0, 0.1) is 0 Å². The first-order valence-electron chi connectivity index (χ1n) is 6.48. The summed E-state index contributed by atoms with van der Waals surface area (Å²) in [4.78, 5) is 2.30. The van der Waals surface area contributed by atoms with E-state index in [2.05, 4.69) is 82.5 Å². The van der Waals surface area contributed by atoms with Gasteiger partial charge in [0.1, 0.15) is 0 Å². The third-order valence-electron chi connectivity index (χ3n) is 3.55. The molecule has 0 aliphatic heterocycles. The second-order valence-corrected chi connectivity index (χ2v) is 5.60. The fourth-order valence-corrected chi connectivity index (χ4v) is 3.06. The van der Waals surface area contributed by atoms with E-state index < -0.39 is 0 Å². The summed E-state index contributed by atoms with van der Waals surface area (Å²) in [5.74, 6) is 0. The van der Waals surface area contributed by atoms with E-state index in [4.69, 9.17) is 0 Å². The van der Waals surface area contributed by atoms with Crippen molar-refractivity contribution in [1.29, 1.82) is 0 Å². The Bertz CT molecular complexity index is 721. The van der Waals surface area contributed by atoms with Crippen molar-refractivity contribution in [1.82, 2.24) is 0 Å². The quantitative estimate of drug-likeness (QED) is 0.495. The number of halogens is 1. The van der Waals surface area contributed by atoms with Crippen molar-refractivity contribution >= 4 is 43.2 Å². The minimum absolute atomic E-state index is 0.980. The predicted octanol–water partition coefficient (Wildman–Crippen LogP) is 4.82. The van der Waals surface area contributed by atoms with Crippen LogP contribution < -0.4 is 4.90 Å². The smallest absolute Gasteiger partial charge is 0.0443 e. The molecule has 19 heavy (non-hydrogen) atoms. The maximum Gasteiger partial charge on any atom is 0.0443 e. The standard InChI is InChI=1S/C17H16BrN/c1-19(10-9-18)17-8-4-7-15-11-13-5-2-3-6-14(13)12-16(15)17/h2-8,11-12H,9-10H2,1H3. The SMILES string of the molecule is CN(CCBr)c1cccc2cc3ccccc3cc12. The highest BCUT2D eigenvalue weighted by molar-refractivity contribution is 9.09. The van der Waals surface area contributed by atoms with E-state index in [-0.39, 0.29) is 0 Å². The molecule has 0 N–H and O–H groups in total. The number of nitrogens with zero attached hydrogens (tertiary/aromatic N) is 1. The van der Waals surface area contributed by atoms with Crippen molar-refractivity contribution in [2.75, 3.05) is 23.8 Å². The van der Waals surface area contributed by atoms with Crippen LogP contribution in [0.25, 0.3) is 21.5 Å². The normalized spacial score (nSPS) is 11.1. The van der Waals surface area contributed by atoms with Crippen molar-refractivity contribution in [3.63, 3.8) is 0 Å². The van der Waals surface area contributed by atoms with Crippen LogP contribution in [-0.4, -0.2) is 18.9 Å². The molecule has 0 aliphatic rings. The lowest BCUT2D eigenvalue weighted by atomic mass is 10.0. The molecule has 0 unspecified atom stereocenters. The van der Waals surface area contributed by atoms with Gasteiger partial charge in [-0.15, -0.1) is 0 Å². The van der Waals surface area contributed by atoms with Gasteiger partial charge in [0, 0.05) is 30.0 Å². The lowest BCUT2D eigenvalue weighted by molar-refractivity contribution is 0.989. The lowest BCUT2D eigenvalue weighted by Crippen LogP contribution is -2.19. The maximum atomic E-state index is 3.51. The van der Waals surface area contributed by atoms with Crippen LogP contribution in [-0.2, 0) is 0 Å². The molecule has 2 heteroatoms. The average molecular weight is 314 g/mol. The molecule has 0 aromatic heterocycles. The van der Waals surface area contributed by atoms with Gasteiger partial charge in [0.15, 0.2) is 0 Å². The van der Waals surface area contributed by atoms with Crippen LogP contribution in [0.5, 0.6) is 0 Å². The van der Waals surface area contributed by atoms with Gasteiger partial charge < -0.3 is 4.90 Å². The summed E-state index contributed by atoms with van der Waals surface area (Å²) in [5, 5.41) is 6.21. The molecule has 0 atom stereocenters. The first kappa shape index (κ1) is 12.5. The molecule has 0 bridgehead atoms. The van der Waals surface area contributed by atoms with E-state index in [0.717, 1.165) is 11.9 Å². The molecular formula is C17H16BrN. The van der Waals surface area contributed by atoms with Gasteiger partial charge in [0.2, 0.25) is 0 Å². The Balaban J connectivity index is 2.26. The maximum absolute atomic E-state index is 3.51. The van der Waals surface area contributed by atoms with Gasteiger partial charge in [0.05, 0.1) is 0 Å². The van der Waals surface area contributed by atoms with E-state index in [1.54, 1.807) is 0 Å². The second kappa shape index (κ2) is 5.22. The number of anilines is 1. The van der Waals surface area contributed by atoms with Gasteiger partial charge in [-0.25, -0.2) is 0 Å². The number of benzene rings is 3. The van der Waals surface area contributed by atoms with Gasteiger partial charge in [-0.1, -0.05) is 52.3 Å². The summed E-state index contributed by atoms with van der Waals surface area (Å²) < 4.78 is 0. The number of fused-ring (bicyclic) bond motifs is 2. The molecule has 3 aromatic carbocycles. The first-order chi connectivity index (χ1) is 9.29. The molecule has 0 radical (unpaired) electrons. The van der Waals surface area contributed by atoms with E-state index in [1.165, 1.54) is 27.2 Å². The van der Waals surface area contributed by atoms with Crippen LogP contribution in [0.3, 0.4) is 0 Å². The fraction of sp³-hybridized carbons (Fsp3) is 0.176. The molecule has 3 aromatic rings. The van der Waals surface area contributed by atoms with E-state index in [9.17, 15) is 0 Å². The zero-order valence-corrected chi connectivity index (χ0v) is 12.5. The van der Waals surface area contributed by atoms with Crippen molar-refractivity contribution in [2.45, 2.75) is 0 Å². The molecule has 0 aliphatic carbocycles. The first-order valence-corrected chi connectivity index (χ1v) is 7.60. The number of rotatable bonds is 3. The number of hydrogen-bond donors (Lipinski definition) is 0. The third-order valence-corrected chi connectivity index (χ3v) is 3.91. The Labute approximate surface area is 122 Å². The Morgan fingerprint density at radius 1 is 0.895 bits per heavy atom. The summed E-state index contributed by atoms with van der Waals surface area (Å²) in [7, 11) is 2.14. The van der Waals surface area contributed by atoms with Crippen LogP contribution >= 0.6 is 15.9 Å². The average Bonchev–Trinajstić information content (AvgIpc) is 2.44. The largest absolute Gasteiger partial charge is 0.373 e. The molecular weight excluding hydrogens is 298 g/mol. The lowest BCUT2D eigenvalue weighted by Gasteiger charge is -2.20. The number of alkyl halides is 1. The highest BCUT2D eigenvalue weighted by Gasteiger charge is 2.06. The Morgan fingerprint density at radius 3 is 2.32 bits per heavy atom. The van der Waals surface area contributed by atoms with Crippen LogP contribution in [0.15, 0.2) is 54.6 Å². The van der Waals surface area contributed by atoms with Crippen LogP contribution in [0.2, 0.25) is 0 Å². The highest BCUT2D eigenvalue weighted by atomic mass is 79.9. The topological polar surface area (TPSA) is 3.24 Å². The zero-order chi connectivity index (χ0) is 13.2. The molecule has 3 rings (SSSR count). The molecule has 1 nitrogen and oxygen atoms in total. The van der Waals surface area contributed by atoms with Gasteiger partial charge in [-0.05, 0) is 34.4 Å². The summed E-state index contributed by atoms with van der Waals surface area (Å²) >= 11 is 3.51. The van der Waals surface area contributed by atoms with Crippen molar-refractivity contribution in [3.8, 4) is 0 Å². The summed E-state index contributed by atoms with van der Waals surface area (Å²) in [5.41, 5.74) is 1.29. The molecule has 0 heterocycles. The van der Waals surface area contributed by atoms with Crippen LogP contribution in [0.1, 0.15) is 0 Å². The van der Waals surface area contributed by atoms with Gasteiger partial charge >= 0.3 is 0 Å². The predicted molar refractivity (Wildman–Crippen MR) is 88.5 cm³/mol. The number of hydrogen-bond acceptors (Lipinski definition) is 1. The van der Waals surface area contributed by atoms with Crippen LogP contribution in [0.4, 0.5) is 5.69 Å². The monoisotopic (exact) mass is 313 g/mol. The minimum Gasteiger partial charge on any atom is -0.373 e. The van der Waals surface area contributed by atoms with Crippen molar-refractivity contribution in [2.24, 2.45) is 0 Å². The van der Waals surface area contributed by atoms with E-state index in [1.807, 2.05) is 0 Å². The highest BCUT2D eigenvalue weighted by Crippen LogP contribution is 2.30. The van der Waals surface area contributed by atoms with Gasteiger partial charge in [-0.2, -0.15) is 0 Å². The van der Waals surface area contributed by atoms with Gasteiger partial charge in [0.25, 0.3) is 0 Å². The molecule has 0 fully saturated rings. The van der Waals surface area contributed by atoms with Gasteiger partial charge in [-0.3, -0.25) is 0 Å². The zero-order valence-electron chi connectivity index (χ0n) is 10.9. The molecule has 0 saturated carbocycles. The van der Waals surface area contributed by atoms with Crippen molar-refractivity contribution in [3.05, 3.63) is 54.6 Å². The Morgan fingerprint density at radius 2 is 1.58 bits per heavy atom. The molecule has 0 spiro atoms. The fourth-order valence-electron chi connectivity index (χ4n) is 2.53. The summed E-state index contributed by atoms with van der Waals surface area (Å²) in [6.07, 6.45) is 0. The van der Waals surface area contributed by atoms with E-state index in [0.29, 0.717) is 0 Å². The molecule has 96 valence electrons. The molecule has 0 amide bonds. The second-order valence-electron chi connectivity index (χ2n) is 4.81.